The Morgan fingerprint density at radius 3 is 2.58 bits per heavy atom. The third-order valence-corrected chi connectivity index (χ3v) is 3.66. The predicted molar refractivity (Wildman–Crippen MR) is 91.2 cm³/mol. The molecular formula is C16H14ClN5O2. The van der Waals surface area contributed by atoms with Gasteiger partial charge in [0.2, 0.25) is 0 Å². The van der Waals surface area contributed by atoms with Crippen LogP contribution in [0.25, 0.3) is 11.4 Å². The van der Waals surface area contributed by atoms with Crippen LogP contribution in [0.4, 0.5) is 5.82 Å². The average molecular weight is 344 g/mol. The number of carbonyl (C=O) groups is 1. The van der Waals surface area contributed by atoms with E-state index in [2.05, 4.69) is 20.4 Å². The number of nitrogens with zero attached hydrogens (tertiary/aromatic N) is 3. The standard InChI is InChI=1S/C16H14ClN5O2/c1-9-7-13(22(2)21-9)19-15(23)12-8-18-14(20-16(12)24)10-3-5-11(17)6-4-10/h3-8H,1-2H3,(H,19,23)(H,18,20,24). The molecule has 24 heavy (non-hydrogen) atoms. The van der Waals surface area contributed by atoms with E-state index in [-0.39, 0.29) is 5.56 Å². The van der Waals surface area contributed by atoms with E-state index in [0.717, 1.165) is 5.69 Å². The lowest BCUT2D eigenvalue weighted by Crippen LogP contribution is -2.25. The van der Waals surface area contributed by atoms with E-state index in [1.165, 1.54) is 10.9 Å². The van der Waals surface area contributed by atoms with E-state index >= 15 is 0 Å². The number of hydrogen-bond donors (Lipinski definition) is 2. The van der Waals surface area contributed by atoms with E-state index in [1.54, 1.807) is 37.4 Å². The van der Waals surface area contributed by atoms with Gasteiger partial charge in [-0.15, -0.1) is 0 Å². The quantitative estimate of drug-likeness (QED) is 0.763. The minimum atomic E-state index is -0.547. The lowest BCUT2D eigenvalue weighted by atomic mass is 10.2. The number of amides is 1. The fourth-order valence-corrected chi connectivity index (χ4v) is 2.35. The van der Waals surface area contributed by atoms with Crippen LogP contribution in [0.2, 0.25) is 5.02 Å². The first-order chi connectivity index (χ1) is 11.4. The molecule has 0 atom stereocenters. The molecule has 0 saturated carbocycles. The second kappa shape index (κ2) is 6.29. The van der Waals surface area contributed by atoms with E-state index in [1.807, 2.05) is 6.92 Å². The van der Waals surface area contributed by atoms with Crippen molar-refractivity contribution in [2.75, 3.05) is 5.32 Å². The molecule has 0 bridgehead atoms. The summed E-state index contributed by atoms with van der Waals surface area (Å²) in [7, 11) is 1.70. The first kappa shape index (κ1) is 15.9. The van der Waals surface area contributed by atoms with Gasteiger partial charge in [-0.2, -0.15) is 5.10 Å². The highest BCUT2D eigenvalue weighted by Crippen LogP contribution is 2.17. The highest BCUT2D eigenvalue weighted by molar-refractivity contribution is 6.30. The fraction of sp³-hybridized carbons (Fsp3) is 0.125. The number of H-pyrrole nitrogens is 1. The third-order valence-electron chi connectivity index (χ3n) is 3.41. The summed E-state index contributed by atoms with van der Waals surface area (Å²) in [5.74, 6) is 0.317. The van der Waals surface area contributed by atoms with E-state index in [0.29, 0.717) is 22.2 Å². The first-order valence-electron chi connectivity index (χ1n) is 7.11. The summed E-state index contributed by atoms with van der Waals surface area (Å²) in [6, 6.07) is 8.57. The van der Waals surface area contributed by atoms with Gasteiger partial charge in [-0.1, -0.05) is 11.6 Å². The third kappa shape index (κ3) is 3.21. The maximum absolute atomic E-state index is 12.3. The molecule has 1 aromatic carbocycles. The van der Waals surface area contributed by atoms with Crippen molar-refractivity contribution in [1.82, 2.24) is 19.7 Å². The minimum Gasteiger partial charge on any atom is -0.307 e. The summed E-state index contributed by atoms with van der Waals surface area (Å²) in [4.78, 5) is 31.2. The van der Waals surface area contributed by atoms with Crippen LogP contribution in [0.1, 0.15) is 16.1 Å². The highest BCUT2D eigenvalue weighted by atomic mass is 35.5. The SMILES string of the molecule is Cc1cc(NC(=O)c2cnc(-c3ccc(Cl)cc3)[nH]c2=O)n(C)n1. The van der Waals surface area contributed by atoms with E-state index in [9.17, 15) is 9.59 Å². The number of hydrogen-bond acceptors (Lipinski definition) is 4. The van der Waals surface area contributed by atoms with Crippen LogP contribution >= 0.6 is 11.6 Å². The van der Waals surface area contributed by atoms with Crippen LogP contribution in [-0.4, -0.2) is 25.7 Å². The Balaban J connectivity index is 1.87. The van der Waals surface area contributed by atoms with Crippen LogP contribution in [0, 0.1) is 6.92 Å². The van der Waals surface area contributed by atoms with Crippen molar-refractivity contribution >= 4 is 23.3 Å². The number of halogens is 1. The topological polar surface area (TPSA) is 92.7 Å². The Labute approximate surface area is 142 Å². The first-order valence-corrected chi connectivity index (χ1v) is 7.49. The minimum absolute atomic E-state index is 0.0773. The molecule has 3 aromatic rings. The molecule has 0 radical (unpaired) electrons. The highest BCUT2D eigenvalue weighted by Gasteiger charge is 2.14. The Morgan fingerprint density at radius 1 is 1.29 bits per heavy atom. The van der Waals surface area contributed by atoms with Crippen LogP contribution in [0.3, 0.4) is 0 Å². The number of benzene rings is 1. The predicted octanol–water partition coefficient (Wildman–Crippen LogP) is 2.38. The monoisotopic (exact) mass is 343 g/mol. The van der Waals surface area contributed by atoms with Gasteiger partial charge in [0.05, 0.1) is 5.69 Å². The van der Waals surface area contributed by atoms with Crippen molar-refractivity contribution in [3.8, 4) is 11.4 Å². The molecule has 1 amide bonds. The molecule has 0 spiro atoms. The van der Waals surface area contributed by atoms with Crippen molar-refractivity contribution in [2.45, 2.75) is 6.92 Å². The molecule has 2 N–H and O–H groups in total. The van der Waals surface area contributed by atoms with Gasteiger partial charge in [0, 0.05) is 29.9 Å². The lowest BCUT2D eigenvalue weighted by molar-refractivity contribution is 0.102. The normalized spacial score (nSPS) is 10.6. The molecule has 0 unspecified atom stereocenters. The molecule has 0 fully saturated rings. The summed E-state index contributed by atoms with van der Waals surface area (Å²) in [5.41, 5.74) is 0.863. The van der Waals surface area contributed by atoms with Crippen LogP contribution in [-0.2, 0) is 7.05 Å². The number of anilines is 1. The van der Waals surface area contributed by atoms with E-state index in [4.69, 9.17) is 11.6 Å². The Bertz CT molecular complexity index is 959. The van der Waals surface area contributed by atoms with Gasteiger partial charge >= 0.3 is 0 Å². The van der Waals surface area contributed by atoms with Crippen molar-refractivity contribution in [2.24, 2.45) is 7.05 Å². The molecule has 0 aliphatic carbocycles. The summed E-state index contributed by atoms with van der Waals surface area (Å²) >= 11 is 5.84. The molecule has 0 saturated heterocycles. The van der Waals surface area contributed by atoms with E-state index < -0.39 is 11.5 Å². The summed E-state index contributed by atoms with van der Waals surface area (Å²) in [6.45, 7) is 1.81. The molecule has 0 aliphatic rings. The smallest absolute Gasteiger partial charge is 0.264 e. The molecule has 122 valence electrons. The molecule has 7 nitrogen and oxygen atoms in total. The van der Waals surface area contributed by atoms with Crippen LogP contribution in [0.5, 0.6) is 0 Å². The Hall–Kier alpha value is -2.93. The zero-order valence-corrected chi connectivity index (χ0v) is 13.8. The van der Waals surface area contributed by atoms with Gasteiger partial charge in [0.1, 0.15) is 17.2 Å². The summed E-state index contributed by atoms with van der Waals surface area (Å²) in [5, 5.41) is 7.36. The summed E-state index contributed by atoms with van der Waals surface area (Å²) in [6.07, 6.45) is 1.25. The fourth-order valence-electron chi connectivity index (χ4n) is 2.22. The molecule has 2 heterocycles. The van der Waals surface area contributed by atoms with Gasteiger partial charge in [-0.3, -0.25) is 14.3 Å². The zero-order chi connectivity index (χ0) is 17.3. The number of rotatable bonds is 3. The Kier molecular flexibility index (Phi) is 4.18. The Morgan fingerprint density at radius 2 is 2.00 bits per heavy atom. The molecule has 8 heteroatoms. The summed E-state index contributed by atoms with van der Waals surface area (Å²) < 4.78 is 1.52. The molecule has 2 aromatic heterocycles. The largest absolute Gasteiger partial charge is 0.307 e. The van der Waals surface area contributed by atoms with Crippen LogP contribution < -0.4 is 10.9 Å². The van der Waals surface area contributed by atoms with Crippen molar-refractivity contribution in [3.63, 3.8) is 0 Å². The molecule has 0 aliphatic heterocycles. The van der Waals surface area contributed by atoms with Crippen LogP contribution in [0.15, 0.2) is 41.3 Å². The average Bonchev–Trinajstić information content (AvgIpc) is 2.85. The van der Waals surface area contributed by atoms with Gasteiger partial charge in [-0.25, -0.2) is 4.98 Å². The second-order valence-corrected chi connectivity index (χ2v) is 5.67. The maximum atomic E-state index is 12.3. The second-order valence-electron chi connectivity index (χ2n) is 5.23. The number of aromatic amines is 1. The number of aromatic nitrogens is 4. The number of aryl methyl sites for hydroxylation is 2. The lowest BCUT2D eigenvalue weighted by Gasteiger charge is -2.05. The van der Waals surface area contributed by atoms with Crippen molar-refractivity contribution in [1.29, 1.82) is 0 Å². The number of carbonyl (C=O) groups excluding carboxylic acids is 1. The molecule has 3 rings (SSSR count). The maximum Gasteiger partial charge on any atom is 0.264 e. The van der Waals surface area contributed by atoms with Gasteiger partial charge in [-0.05, 0) is 31.2 Å². The van der Waals surface area contributed by atoms with Gasteiger partial charge in [0.25, 0.3) is 11.5 Å². The van der Waals surface area contributed by atoms with Crippen molar-refractivity contribution < 1.29 is 4.79 Å². The van der Waals surface area contributed by atoms with Crippen molar-refractivity contribution in [3.05, 3.63) is 63.2 Å². The van der Waals surface area contributed by atoms with Gasteiger partial charge in [0.15, 0.2) is 0 Å². The van der Waals surface area contributed by atoms with Gasteiger partial charge < -0.3 is 10.3 Å². The molecular weight excluding hydrogens is 330 g/mol. The number of nitrogens with one attached hydrogen (secondary N) is 2. The zero-order valence-electron chi connectivity index (χ0n) is 13.0.